The summed E-state index contributed by atoms with van der Waals surface area (Å²) < 4.78 is 21.6. The first-order valence-electron chi connectivity index (χ1n) is 9.66. The maximum absolute atomic E-state index is 12.3. The lowest BCUT2D eigenvalue weighted by atomic mass is 9.84. The van der Waals surface area contributed by atoms with Gasteiger partial charge in [0.25, 0.3) is 0 Å². The Labute approximate surface area is 162 Å². The third-order valence-electron chi connectivity index (χ3n) is 4.56. The molecule has 0 bridgehead atoms. The summed E-state index contributed by atoms with van der Waals surface area (Å²) in [4.78, 5) is 24.3. The van der Waals surface area contributed by atoms with Crippen molar-refractivity contribution in [3.8, 4) is 0 Å². The molecule has 1 rings (SSSR count). The molecule has 0 amide bonds. The largest absolute Gasteiger partial charge is 0.457 e. The van der Waals surface area contributed by atoms with Crippen LogP contribution < -0.4 is 0 Å². The molecule has 0 fully saturated rings. The molecule has 1 aromatic heterocycles. The number of hydrogen-bond donors (Lipinski definition) is 0. The van der Waals surface area contributed by atoms with Gasteiger partial charge in [-0.2, -0.15) is 0 Å². The minimum absolute atomic E-state index is 0.0231. The SMILES string of the molecule is CCCC(C)(C)OCCOCCOC(=O)c1ccc(C(=O)C(C)(C)CC)o1. The number of ether oxygens (including phenoxy) is 3. The molecule has 0 N–H and O–H groups in total. The number of Topliss-reactive ketones (excluding diaryl/α,β-unsaturated/α-hetero) is 1. The summed E-state index contributed by atoms with van der Waals surface area (Å²) in [5.74, 6) is -0.530. The highest BCUT2D eigenvalue weighted by atomic mass is 16.6. The van der Waals surface area contributed by atoms with Crippen LogP contribution in [0.2, 0.25) is 0 Å². The van der Waals surface area contributed by atoms with E-state index in [1.54, 1.807) is 0 Å². The van der Waals surface area contributed by atoms with E-state index in [4.69, 9.17) is 18.6 Å². The second kappa shape index (κ2) is 10.6. The molecular formula is C21H34O6. The van der Waals surface area contributed by atoms with Gasteiger partial charge in [0.15, 0.2) is 5.76 Å². The van der Waals surface area contributed by atoms with E-state index in [1.807, 2.05) is 20.8 Å². The van der Waals surface area contributed by atoms with Crippen molar-refractivity contribution in [2.24, 2.45) is 5.41 Å². The minimum atomic E-state index is -0.604. The maximum Gasteiger partial charge on any atom is 0.374 e. The van der Waals surface area contributed by atoms with Crippen molar-refractivity contribution in [3.05, 3.63) is 23.7 Å². The second-order valence-electron chi connectivity index (χ2n) is 7.84. The summed E-state index contributed by atoms with van der Waals surface area (Å²) in [6, 6.07) is 2.98. The molecule has 0 saturated carbocycles. The fraction of sp³-hybridized carbons (Fsp3) is 0.714. The third-order valence-corrected chi connectivity index (χ3v) is 4.56. The Bertz CT molecular complexity index is 600. The summed E-state index contributed by atoms with van der Waals surface area (Å²) in [5, 5.41) is 0. The highest BCUT2D eigenvalue weighted by Gasteiger charge is 2.29. The Kier molecular flexibility index (Phi) is 9.19. The van der Waals surface area contributed by atoms with Gasteiger partial charge in [-0.3, -0.25) is 4.79 Å². The van der Waals surface area contributed by atoms with Gasteiger partial charge in [-0.25, -0.2) is 4.79 Å². The van der Waals surface area contributed by atoms with Gasteiger partial charge in [0.2, 0.25) is 11.5 Å². The first-order chi connectivity index (χ1) is 12.6. The fourth-order valence-corrected chi connectivity index (χ4v) is 2.48. The smallest absolute Gasteiger partial charge is 0.374 e. The first kappa shape index (κ1) is 23.4. The Morgan fingerprint density at radius 1 is 0.963 bits per heavy atom. The number of ketones is 1. The molecule has 0 atom stereocenters. The molecule has 1 aromatic rings. The molecule has 154 valence electrons. The topological polar surface area (TPSA) is 75.0 Å². The average Bonchev–Trinajstić information content (AvgIpc) is 3.09. The zero-order valence-corrected chi connectivity index (χ0v) is 17.6. The Morgan fingerprint density at radius 2 is 1.59 bits per heavy atom. The molecule has 0 aliphatic carbocycles. The van der Waals surface area contributed by atoms with Gasteiger partial charge in [-0.1, -0.05) is 34.1 Å². The van der Waals surface area contributed by atoms with Crippen LogP contribution in [0, 0.1) is 5.41 Å². The molecule has 0 unspecified atom stereocenters. The number of carbonyl (C=O) groups excluding carboxylic acids is 2. The maximum atomic E-state index is 12.3. The van der Waals surface area contributed by atoms with E-state index in [2.05, 4.69) is 20.8 Å². The van der Waals surface area contributed by atoms with Crippen LogP contribution in [0.25, 0.3) is 0 Å². The number of furan rings is 1. The minimum Gasteiger partial charge on any atom is -0.457 e. The van der Waals surface area contributed by atoms with Gasteiger partial charge in [-0.15, -0.1) is 0 Å². The number of rotatable bonds is 13. The van der Waals surface area contributed by atoms with Gasteiger partial charge in [-0.05, 0) is 38.8 Å². The lowest BCUT2D eigenvalue weighted by molar-refractivity contribution is -0.0542. The van der Waals surface area contributed by atoms with Crippen LogP contribution in [0.15, 0.2) is 16.5 Å². The van der Waals surface area contributed by atoms with Crippen molar-refractivity contribution < 1.29 is 28.2 Å². The van der Waals surface area contributed by atoms with E-state index < -0.39 is 11.4 Å². The highest BCUT2D eigenvalue weighted by Crippen LogP contribution is 2.26. The normalized spacial score (nSPS) is 12.2. The van der Waals surface area contributed by atoms with E-state index in [0.717, 1.165) is 12.8 Å². The molecule has 0 aromatic carbocycles. The summed E-state index contributed by atoms with van der Waals surface area (Å²) in [7, 11) is 0. The van der Waals surface area contributed by atoms with Gasteiger partial charge in [0.1, 0.15) is 6.61 Å². The van der Waals surface area contributed by atoms with Crippen molar-refractivity contribution in [1.82, 2.24) is 0 Å². The predicted molar refractivity (Wildman–Crippen MR) is 103 cm³/mol. The van der Waals surface area contributed by atoms with Crippen LogP contribution in [0.4, 0.5) is 0 Å². The molecule has 0 saturated heterocycles. The molecule has 1 heterocycles. The zero-order chi connectivity index (χ0) is 20.5. The summed E-state index contributed by atoms with van der Waals surface area (Å²) >= 11 is 0. The standard InChI is InChI=1S/C21H34O6/c1-7-11-21(5,6)26-15-13-24-12-14-25-19(23)17-10-9-16(27-17)18(22)20(3,4)8-2/h9-10H,7-8,11-15H2,1-6H3. The van der Waals surface area contributed by atoms with Crippen LogP contribution in [0.3, 0.4) is 0 Å². The second-order valence-corrected chi connectivity index (χ2v) is 7.84. The van der Waals surface area contributed by atoms with Gasteiger partial charge in [0.05, 0.1) is 25.4 Å². The highest BCUT2D eigenvalue weighted by molar-refractivity contribution is 5.98. The van der Waals surface area contributed by atoms with Gasteiger partial charge in [0, 0.05) is 5.41 Å². The summed E-state index contributed by atoms with van der Waals surface area (Å²) in [6.45, 7) is 13.2. The molecule has 6 nitrogen and oxygen atoms in total. The van der Waals surface area contributed by atoms with E-state index >= 15 is 0 Å². The van der Waals surface area contributed by atoms with Crippen LogP contribution in [-0.2, 0) is 14.2 Å². The van der Waals surface area contributed by atoms with Crippen molar-refractivity contribution >= 4 is 11.8 Å². The molecule has 6 heteroatoms. The summed E-state index contributed by atoms with van der Waals surface area (Å²) in [5.41, 5.74) is -0.675. The molecule has 0 aliphatic heterocycles. The molecule has 0 aliphatic rings. The third kappa shape index (κ3) is 7.85. The Balaban J connectivity index is 2.29. The molecular weight excluding hydrogens is 348 g/mol. The first-order valence-corrected chi connectivity index (χ1v) is 9.66. The van der Waals surface area contributed by atoms with E-state index in [9.17, 15) is 9.59 Å². The molecule has 0 spiro atoms. The zero-order valence-electron chi connectivity index (χ0n) is 17.6. The quantitative estimate of drug-likeness (QED) is 0.280. The van der Waals surface area contributed by atoms with Crippen molar-refractivity contribution in [1.29, 1.82) is 0 Å². The van der Waals surface area contributed by atoms with Crippen LogP contribution in [-0.4, -0.2) is 43.8 Å². The van der Waals surface area contributed by atoms with Crippen molar-refractivity contribution in [2.45, 2.75) is 66.4 Å². The lowest BCUT2D eigenvalue weighted by Crippen LogP contribution is -2.26. The van der Waals surface area contributed by atoms with Gasteiger partial charge < -0.3 is 18.6 Å². The monoisotopic (exact) mass is 382 g/mol. The molecule has 27 heavy (non-hydrogen) atoms. The lowest BCUT2D eigenvalue weighted by Gasteiger charge is -2.24. The Hall–Kier alpha value is -1.66. The van der Waals surface area contributed by atoms with Crippen molar-refractivity contribution in [3.63, 3.8) is 0 Å². The van der Waals surface area contributed by atoms with Crippen LogP contribution in [0.5, 0.6) is 0 Å². The predicted octanol–water partition coefficient (Wildman–Crippen LogP) is 4.67. The number of carbonyl (C=O) groups is 2. The van der Waals surface area contributed by atoms with Crippen LogP contribution >= 0.6 is 0 Å². The van der Waals surface area contributed by atoms with Gasteiger partial charge >= 0.3 is 5.97 Å². The number of esters is 1. The van der Waals surface area contributed by atoms with E-state index in [1.165, 1.54) is 12.1 Å². The summed E-state index contributed by atoms with van der Waals surface area (Å²) in [6.07, 6.45) is 2.75. The fourth-order valence-electron chi connectivity index (χ4n) is 2.48. The van der Waals surface area contributed by atoms with Crippen molar-refractivity contribution in [2.75, 3.05) is 26.4 Å². The van der Waals surface area contributed by atoms with Crippen LogP contribution in [0.1, 0.15) is 81.9 Å². The Morgan fingerprint density at radius 3 is 2.22 bits per heavy atom. The number of hydrogen-bond acceptors (Lipinski definition) is 6. The van der Waals surface area contributed by atoms with E-state index in [0.29, 0.717) is 19.6 Å². The molecule has 0 radical (unpaired) electrons. The average molecular weight is 382 g/mol. The van der Waals surface area contributed by atoms with E-state index in [-0.39, 0.29) is 36.1 Å².